The van der Waals surface area contributed by atoms with Crippen molar-refractivity contribution in [3.63, 3.8) is 0 Å². The van der Waals surface area contributed by atoms with Crippen molar-refractivity contribution in [3.05, 3.63) is 41.8 Å². The number of sulfonamides is 1. The second-order valence-electron chi connectivity index (χ2n) is 7.08. The van der Waals surface area contributed by atoms with Gasteiger partial charge < -0.3 is 4.74 Å². The molecule has 3 heterocycles. The first-order valence-corrected chi connectivity index (χ1v) is 12.8. The highest BCUT2D eigenvalue weighted by atomic mass is 32.2. The summed E-state index contributed by atoms with van der Waals surface area (Å²) < 4.78 is 33.8. The lowest BCUT2D eigenvalue weighted by Crippen LogP contribution is -2.47. The van der Waals surface area contributed by atoms with Gasteiger partial charge in [0.05, 0.1) is 29.3 Å². The van der Waals surface area contributed by atoms with Crippen LogP contribution in [0.3, 0.4) is 0 Å². The molecule has 0 N–H and O–H groups in total. The molecular formula is C20H23N3O4S3. The van der Waals surface area contributed by atoms with Gasteiger partial charge in [0.25, 0.3) is 10.0 Å². The highest BCUT2D eigenvalue weighted by Gasteiger charge is 2.36. The minimum atomic E-state index is -3.57. The number of nitrogens with zero attached hydrogens (tertiary/aromatic N) is 3. The van der Waals surface area contributed by atoms with Crippen LogP contribution < -0.4 is 4.90 Å². The molecular weight excluding hydrogens is 442 g/mol. The maximum absolute atomic E-state index is 13.5. The SMILES string of the molecule is COCCN(C(=O)C1CCCN(S(=O)(=O)c2cccs2)C1)c1nc2ccccc2s1. The molecule has 0 spiro atoms. The van der Waals surface area contributed by atoms with Crippen LogP contribution in [0.2, 0.25) is 0 Å². The fourth-order valence-corrected chi connectivity index (χ4v) is 7.24. The molecule has 30 heavy (non-hydrogen) atoms. The van der Waals surface area contributed by atoms with Crippen molar-refractivity contribution in [2.45, 2.75) is 17.1 Å². The molecule has 0 aliphatic carbocycles. The van der Waals surface area contributed by atoms with E-state index in [9.17, 15) is 13.2 Å². The number of thiazole rings is 1. The number of amides is 1. The molecule has 1 atom stereocenters. The fourth-order valence-electron chi connectivity index (χ4n) is 3.58. The Kier molecular flexibility index (Phi) is 6.49. The van der Waals surface area contributed by atoms with Crippen LogP contribution in [0.25, 0.3) is 10.2 Å². The number of carbonyl (C=O) groups is 1. The molecule has 1 saturated heterocycles. The van der Waals surface area contributed by atoms with Gasteiger partial charge in [0, 0.05) is 20.2 Å². The first-order chi connectivity index (χ1) is 14.5. The molecule has 1 aliphatic heterocycles. The zero-order valence-corrected chi connectivity index (χ0v) is 19.0. The summed E-state index contributed by atoms with van der Waals surface area (Å²) in [5, 5.41) is 2.37. The average molecular weight is 466 g/mol. The summed E-state index contributed by atoms with van der Waals surface area (Å²) in [6, 6.07) is 11.1. The Morgan fingerprint density at radius 2 is 2.13 bits per heavy atom. The minimum Gasteiger partial charge on any atom is -0.383 e. The lowest BCUT2D eigenvalue weighted by molar-refractivity contribution is -0.123. The molecule has 3 aromatic rings. The molecule has 1 aliphatic rings. The lowest BCUT2D eigenvalue weighted by Gasteiger charge is -2.33. The molecule has 0 bridgehead atoms. The van der Waals surface area contributed by atoms with Crippen molar-refractivity contribution in [2.24, 2.45) is 5.92 Å². The topological polar surface area (TPSA) is 79.8 Å². The smallest absolute Gasteiger partial charge is 0.252 e. The van der Waals surface area contributed by atoms with E-state index in [-0.39, 0.29) is 12.5 Å². The summed E-state index contributed by atoms with van der Waals surface area (Å²) >= 11 is 2.66. The Morgan fingerprint density at radius 1 is 1.30 bits per heavy atom. The van der Waals surface area contributed by atoms with Crippen molar-refractivity contribution in [2.75, 3.05) is 38.3 Å². The summed E-state index contributed by atoms with van der Waals surface area (Å²) in [7, 11) is -1.98. The van der Waals surface area contributed by atoms with E-state index in [1.165, 1.54) is 27.0 Å². The second kappa shape index (κ2) is 9.11. The first kappa shape index (κ1) is 21.4. The van der Waals surface area contributed by atoms with Gasteiger partial charge in [-0.15, -0.1) is 11.3 Å². The van der Waals surface area contributed by atoms with E-state index in [0.29, 0.717) is 41.9 Å². The van der Waals surface area contributed by atoms with Gasteiger partial charge in [0.2, 0.25) is 5.91 Å². The molecule has 1 unspecified atom stereocenters. The average Bonchev–Trinajstić information content (AvgIpc) is 3.44. The third kappa shape index (κ3) is 4.28. The maximum Gasteiger partial charge on any atom is 0.252 e. The van der Waals surface area contributed by atoms with Crippen LogP contribution >= 0.6 is 22.7 Å². The Balaban J connectivity index is 1.57. The van der Waals surface area contributed by atoms with Gasteiger partial charge in [-0.25, -0.2) is 13.4 Å². The van der Waals surface area contributed by atoms with Crippen molar-refractivity contribution < 1.29 is 17.9 Å². The van der Waals surface area contributed by atoms with E-state index < -0.39 is 15.9 Å². The number of hydrogen-bond acceptors (Lipinski definition) is 7. The predicted molar refractivity (Wildman–Crippen MR) is 120 cm³/mol. The van der Waals surface area contributed by atoms with E-state index in [1.807, 2.05) is 24.3 Å². The summed E-state index contributed by atoms with van der Waals surface area (Å²) in [5.74, 6) is -0.505. The fraction of sp³-hybridized carbons (Fsp3) is 0.400. The van der Waals surface area contributed by atoms with Crippen LogP contribution in [0.15, 0.2) is 46.0 Å². The Morgan fingerprint density at radius 3 is 2.87 bits per heavy atom. The minimum absolute atomic E-state index is 0.0998. The monoisotopic (exact) mass is 465 g/mol. The Bertz CT molecular complexity index is 1080. The molecule has 4 rings (SSSR count). The van der Waals surface area contributed by atoms with Crippen molar-refractivity contribution in [3.8, 4) is 0 Å². The van der Waals surface area contributed by atoms with Gasteiger partial charge in [-0.05, 0) is 36.4 Å². The normalized spacial score (nSPS) is 18.0. The summed E-state index contributed by atoms with van der Waals surface area (Å²) in [6.45, 7) is 1.38. The number of hydrogen-bond donors (Lipinski definition) is 0. The van der Waals surface area contributed by atoms with Crippen LogP contribution in [0.1, 0.15) is 12.8 Å². The van der Waals surface area contributed by atoms with E-state index in [2.05, 4.69) is 4.98 Å². The number of para-hydroxylation sites is 1. The molecule has 1 aromatic carbocycles. The van der Waals surface area contributed by atoms with Gasteiger partial charge in [0.15, 0.2) is 5.13 Å². The van der Waals surface area contributed by atoms with Crippen molar-refractivity contribution in [1.29, 1.82) is 0 Å². The van der Waals surface area contributed by atoms with Gasteiger partial charge in [-0.2, -0.15) is 4.31 Å². The standard InChI is InChI=1S/C20H23N3O4S3/c1-27-12-11-23(20-21-16-7-2-3-8-17(16)29-20)19(24)15-6-4-10-22(14-15)30(25,26)18-9-5-13-28-18/h2-3,5,7-9,13,15H,4,6,10-12,14H2,1H3. The summed E-state index contributed by atoms with van der Waals surface area (Å²) in [6.07, 6.45) is 1.31. The van der Waals surface area contributed by atoms with Crippen LogP contribution in [-0.4, -0.2) is 57.0 Å². The highest BCUT2D eigenvalue weighted by molar-refractivity contribution is 7.91. The number of anilines is 1. The number of carbonyl (C=O) groups excluding carboxylic acids is 1. The number of benzene rings is 1. The summed E-state index contributed by atoms with van der Waals surface area (Å²) in [5.41, 5.74) is 0.846. The lowest BCUT2D eigenvalue weighted by atomic mass is 9.98. The van der Waals surface area contributed by atoms with Crippen LogP contribution in [0.4, 0.5) is 5.13 Å². The van der Waals surface area contributed by atoms with Crippen molar-refractivity contribution >= 4 is 54.0 Å². The van der Waals surface area contributed by atoms with E-state index in [1.54, 1.807) is 29.5 Å². The predicted octanol–water partition coefficient (Wildman–Crippen LogP) is 3.44. The van der Waals surface area contributed by atoms with Crippen LogP contribution in [0.5, 0.6) is 0 Å². The number of rotatable bonds is 7. The van der Waals surface area contributed by atoms with Gasteiger partial charge >= 0.3 is 0 Å². The van der Waals surface area contributed by atoms with Crippen LogP contribution in [-0.2, 0) is 19.6 Å². The second-order valence-corrected chi connectivity index (χ2v) is 11.2. The van der Waals surface area contributed by atoms with E-state index in [4.69, 9.17) is 4.74 Å². The van der Waals surface area contributed by atoms with Gasteiger partial charge in [-0.1, -0.05) is 29.5 Å². The molecule has 0 saturated carbocycles. The maximum atomic E-state index is 13.5. The zero-order valence-electron chi connectivity index (χ0n) is 16.6. The largest absolute Gasteiger partial charge is 0.383 e. The number of aromatic nitrogens is 1. The number of thiophene rings is 1. The molecule has 0 radical (unpaired) electrons. The number of ether oxygens (including phenoxy) is 1. The third-order valence-electron chi connectivity index (χ3n) is 5.12. The molecule has 7 nitrogen and oxygen atoms in total. The Hall–Kier alpha value is -1.85. The molecule has 1 fully saturated rings. The first-order valence-electron chi connectivity index (χ1n) is 9.70. The number of methoxy groups -OCH3 is 1. The zero-order chi connectivity index (χ0) is 21.1. The molecule has 10 heteroatoms. The van der Waals surface area contributed by atoms with E-state index >= 15 is 0 Å². The van der Waals surface area contributed by atoms with Crippen molar-refractivity contribution in [1.82, 2.24) is 9.29 Å². The third-order valence-corrected chi connectivity index (χ3v) is 9.42. The quantitative estimate of drug-likeness (QED) is 0.534. The summed E-state index contributed by atoms with van der Waals surface area (Å²) in [4.78, 5) is 19.7. The van der Waals surface area contributed by atoms with E-state index in [0.717, 1.165) is 10.2 Å². The highest BCUT2D eigenvalue weighted by Crippen LogP contribution is 2.32. The van der Waals surface area contributed by atoms with Gasteiger partial charge in [-0.3, -0.25) is 9.69 Å². The number of piperidine rings is 1. The Labute approximate surface area is 184 Å². The molecule has 160 valence electrons. The van der Waals surface area contributed by atoms with Gasteiger partial charge in [0.1, 0.15) is 4.21 Å². The van der Waals surface area contributed by atoms with Crippen LogP contribution in [0, 0.1) is 5.92 Å². The molecule has 1 amide bonds. The number of fused-ring (bicyclic) bond motifs is 1. The molecule has 2 aromatic heterocycles.